The molecule has 0 saturated heterocycles. The highest BCUT2D eigenvalue weighted by atomic mass is 79.9. The van der Waals surface area contributed by atoms with Crippen molar-refractivity contribution in [1.29, 1.82) is 0 Å². The summed E-state index contributed by atoms with van der Waals surface area (Å²) < 4.78 is 26.7. The Hall–Kier alpha value is -1.49. The molecule has 2 nitrogen and oxygen atoms in total. The summed E-state index contributed by atoms with van der Waals surface area (Å²) in [6.45, 7) is 0.274. The summed E-state index contributed by atoms with van der Waals surface area (Å²) in [6, 6.07) is 7.11. The predicted molar refractivity (Wildman–Crippen MR) is 65.6 cm³/mol. The molecule has 1 N–H and O–H groups in total. The summed E-state index contributed by atoms with van der Waals surface area (Å²) in [4.78, 5) is 4.03. The van der Waals surface area contributed by atoms with E-state index in [4.69, 9.17) is 0 Å². The van der Waals surface area contributed by atoms with Crippen molar-refractivity contribution in [1.82, 2.24) is 4.98 Å². The average molecular weight is 299 g/mol. The smallest absolute Gasteiger partial charge is 0.131 e. The van der Waals surface area contributed by atoms with Crippen LogP contribution in [0, 0.1) is 11.6 Å². The van der Waals surface area contributed by atoms with Crippen LogP contribution in [0.15, 0.2) is 41.1 Å². The lowest BCUT2D eigenvalue weighted by Crippen LogP contribution is -2.03. The van der Waals surface area contributed by atoms with Gasteiger partial charge in [-0.25, -0.2) is 13.8 Å². The second-order valence-corrected chi connectivity index (χ2v) is 4.18. The molecule has 0 radical (unpaired) electrons. The minimum absolute atomic E-state index is 0.274. The van der Waals surface area contributed by atoms with Crippen LogP contribution in [0.25, 0.3) is 0 Å². The second kappa shape index (κ2) is 5.23. The van der Waals surface area contributed by atoms with E-state index in [0.717, 1.165) is 11.8 Å². The Bertz CT molecular complexity index is 532. The Morgan fingerprint density at radius 3 is 2.76 bits per heavy atom. The quantitative estimate of drug-likeness (QED) is 0.873. The third kappa shape index (κ3) is 3.00. The zero-order chi connectivity index (χ0) is 12.3. The largest absolute Gasteiger partial charge is 0.379 e. The normalized spacial score (nSPS) is 10.3. The molecule has 2 aromatic rings. The van der Waals surface area contributed by atoms with E-state index in [1.807, 2.05) is 6.07 Å². The number of aromatic nitrogens is 1. The van der Waals surface area contributed by atoms with Crippen LogP contribution in [-0.2, 0) is 6.54 Å². The maximum Gasteiger partial charge on any atom is 0.131 e. The first-order chi connectivity index (χ1) is 8.16. The fourth-order valence-corrected chi connectivity index (χ4v) is 1.76. The third-order valence-corrected chi connectivity index (χ3v) is 2.88. The molecule has 0 saturated carbocycles. The standard InChI is InChI=1S/C12H9BrF2N2/c13-12-11(2-1-5-16-12)17-7-8-3-4-9(14)6-10(8)15/h1-6,17H,7H2. The van der Waals surface area contributed by atoms with Crippen molar-refractivity contribution in [3.63, 3.8) is 0 Å². The molecule has 0 atom stereocenters. The number of rotatable bonds is 3. The highest BCUT2D eigenvalue weighted by Gasteiger charge is 2.04. The van der Waals surface area contributed by atoms with E-state index < -0.39 is 11.6 Å². The van der Waals surface area contributed by atoms with E-state index in [-0.39, 0.29) is 6.54 Å². The van der Waals surface area contributed by atoms with Crippen molar-refractivity contribution in [2.24, 2.45) is 0 Å². The van der Waals surface area contributed by atoms with E-state index in [1.165, 1.54) is 12.1 Å². The van der Waals surface area contributed by atoms with Gasteiger partial charge in [0.15, 0.2) is 0 Å². The van der Waals surface area contributed by atoms with Crippen molar-refractivity contribution in [2.75, 3.05) is 5.32 Å². The molecule has 0 aliphatic rings. The van der Waals surface area contributed by atoms with Crippen LogP contribution >= 0.6 is 15.9 Å². The molecular weight excluding hydrogens is 290 g/mol. The summed E-state index contributed by atoms with van der Waals surface area (Å²) in [5, 5.41) is 3.02. The summed E-state index contributed by atoms with van der Waals surface area (Å²) >= 11 is 3.27. The maximum absolute atomic E-state index is 13.3. The number of nitrogens with one attached hydrogen (secondary N) is 1. The Labute approximate surface area is 106 Å². The SMILES string of the molecule is Fc1ccc(CNc2cccnc2Br)c(F)c1. The number of hydrogen-bond acceptors (Lipinski definition) is 2. The number of benzene rings is 1. The van der Waals surface area contributed by atoms with Gasteiger partial charge < -0.3 is 5.32 Å². The van der Waals surface area contributed by atoms with Gasteiger partial charge in [-0.15, -0.1) is 0 Å². The summed E-state index contributed by atoms with van der Waals surface area (Å²) in [5.74, 6) is -1.13. The van der Waals surface area contributed by atoms with Gasteiger partial charge in [-0.2, -0.15) is 0 Å². The topological polar surface area (TPSA) is 24.9 Å². The molecule has 17 heavy (non-hydrogen) atoms. The van der Waals surface area contributed by atoms with Gasteiger partial charge in [0, 0.05) is 24.4 Å². The van der Waals surface area contributed by atoms with Crippen molar-refractivity contribution in [3.05, 3.63) is 58.3 Å². The number of halogens is 3. The van der Waals surface area contributed by atoms with E-state index in [0.29, 0.717) is 10.2 Å². The minimum Gasteiger partial charge on any atom is -0.379 e. The zero-order valence-electron chi connectivity index (χ0n) is 8.75. The van der Waals surface area contributed by atoms with Gasteiger partial charge >= 0.3 is 0 Å². The van der Waals surface area contributed by atoms with Crippen molar-refractivity contribution >= 4 is 21.6 Å². The molecule has 0 spiro atoms. The molecule has 1 aromatic heterocycles. The molecule has 0 aliphatic carbocycles. The van der Waals surface area contributed by atoms with Crippen LogP contribution in [0.4, 0.5) is 14.5 Å². The average Bonchev–Trinajstić information content (AvgIpc) is 2.30. The van der Waals surface area contributed by atoms with E-state index >= 15 is 0 Å². The summed E-state index contributed by atoms with van der Waals surface area (Å²) in [5.41, 5.74) is 1.17. The minimum atomic E-state index is -0.575. The van der Waals surface area contributed by atoms with Crippen LogP contribution in [-0.4, -0.2) is 4.98 Å². The van der Waals surface area contributed by atoms with Crippen molar-refractivity contribution in [3.8, 4) is 0 Å². The Kier molecular flexibility index (Phi) is 3.68. The molecule has 88 valence electrons. The molecule has 2 rings (SSSR count). The molecule has 0 fully saturated rings. The van der Waals surface area contributed by atoms with Crippen LogP contribution in [0.2, 0.25) is 0 Å². The summed E-state index contributed by atoms with van der Waals surface area (Å²) in [7, 11) is 0. The first kappa shape index (κ1) is 12.0. The number of nitrogens with zero attached hydrogens (tertiary/aromatic N) is 1. The Morgan fingerprint density at radius 1 is 1.24 bits per heavy atom. The van der Waals surface area contributed by atoms with E-state index in [9.17, 15) is 8.78 Å². The Morgan fingerprint density at radius 2 is 2.06 bits per heavy atom. The highest BCUT2D eigenvalue weighted by Crippen LogP contribution is 2.19. The molecule has 5 heteroatoms. The van der Waals surface area contributed by atoms with Crippen molar-refractivity contribution in [2.45, 2.75) is 6.54 Å². The fourth-order valence-electron chi connectivity index (χ4n) is 1.37. The summed E-state index contributed by atoms with van der Waals surface area (Å²) in [6.07, 6.45) is 1.65. The van der Waals surface area contributed by atoms with Gasteiger partial charge in [0.25, 0.3) is 0 Å². The van der Waals surface area contributed by atoms with Gasteiger partial charge in [-0.1, -0.05) is 6.07 Å². The lowest BCUT2D eigenvalue weighted by molar-refractivity contribution is 0.574. The van der Waals surface area contributed by atoms with Crippen molar-refractivity contribution < 1.29 is 8.78 Å². The molecule has 1 aromatic carbocycles. The fraction of sp³-hybridized carbons (Fsp3) is 0.0833. The molecule has 0 unspecified atom stereocenters. The zero-order valence-corrected chi connectivity index (χ0v) is 10.3. The van der Waals surface area contributed by atoms with Crippen LogP contribution in [0.5, 0.6) is 0 Å². The van der Waals surface area contributed by atoms with E-state index in [1.54, 1.807) is 12.3 Å². The van der Waals surface area contributed by atoms with Crippen LogP contribution in [0.1, 0.15) is 5.56 Å². The van der Waals surface area contributed by atoms with Gasteiger partial charge in [-0.05, 0) is 34.1 Å². The van der Waals surface area contributed by atoms with Crippen LogP contribution < -0.4 is 5.32 Å². The van der Waals surface area contributed by atoms with Gasteiger partial charge in [0.05, 0.1) is 5.69 Å². The maximum atomic E-state index is 13.3. The number of anilines is 1. The van der Waals surface area contributed by atoms with Gasteiger partial charge in [0.2, 0.25) is 0 Å². The van der Waals surface area contributed by atoms with E-state index in [2.05, 4.69) is 26.2 Å². The number of hydrogen-bond donors (Lipinski definition) is 1. The predicted octanol–water partition coefficient (Wildman–Crippen LogP) is 3.73. The number of pyridine rings is 1. The first-order valence-corrected chi connectivity index (χ1v) is 5.74. The highest BCUT2D eigenvalue weighted by molar-refractivity contribution is 9.10. The molecule has 0 aliphatic heterocycles. The molecular formula is C12H9BrF2N2. The molecule has 0 amide bonds. The lowest BCUT2D eigenvalue weighted by atomic mass is 10.2. The second-order valence-electron chi connectivity index (χ2n) is 3.43. The first-order valence-electron chi connectivity index (χ1n) is 4.95. The van der Waals surface area contributed by atoms with Crippen LogP contribution in [0.3, 0.4) is 0 Å². The van der Waals surface area contributed by atoms with Gasteiger partial charge in [0.1, 0.15) is 16.2 Å². The Balaban J connectivity index is 2.10. The van der Waals surface area contributed by atoms with Gasteiger partial charge in [-0.3, -0.25) is 0 Å². The molecule has 0 bridgehead atoms. The monoisotopic (exact) mass is 298 g/mol. The third-order valence-electron chi connectivity index (χ3n) is 2.24. The molecule has 1 heterocycles. The lowest BCUT2D eigenvalue weighted by Gasteiger charge is -2.08.